The van der Waals surface area contributed by atoms with Gasteiger partial charge < -0.3 is 9.47 Å². The minimum Gasteiger partial charge on any atom is -0.486 e. The van der Waals surface area contributed by atoms with E-state index >= 15 is 0 Å². The van der Waals surface area contributed by atoms with Crippen molar-refractivity contribution in [2.75, 3.05) is 19.5 Å². The summed E-state index contributed by atoms with van der Waals surface area (Å²) in [7, 11) is 0. The lowest BCUT2D eigenvalue weighted by Crippen LogP contribution is -2.15. The predicted octanol–water partition coefficient (Wildman–Crippen LogP) is 2.83. The van der Waals surface area contributed by atoms with Crippen LogP contribution in [0.25, 0.3) is 0 Å². The molecule has 13 heavy (non-hydrogen) atoms. The first-order chi connectivity index (χ1) is 6.31. The van der Waals surface area contributed by atoms with Gasteiger partial charge in [-0.3, -0.25) is 0 Å². The van der Waals surface area contributed by atoms with E-state index in [1.165, 1.54) is 0 Å². The lowest BCUT2D eigenvalue weighted by Gasteiger charge is -2.19. The second-order valence-electron chi connectivity index (χ2n) is 2.63. The Kier molecular flexibility index (Phi) is 2.56. The summed E-state index contributed by atoms with van der Waals surface area (Å²) in [5.74, 6) is 1.54. The number of benzene rings is 1. The lowest BCUT2D eigenvalue weighted by atomic mass is 10.3. The normalized spacial score (nSPS) is 14.3. The zero-order chi connectivity index (χ0) is 9.26. The molecule has 0 spiro atoms. The SMILES string of the molecule is CSc1cc2c(cc1Cl)OCCO2. The number of hydrogen-bond donors (Lipinski definition) is 0. The van der Waals surface area contributed by atoms with Crippen molar-refractivity contribution in [1.29, 1.82) is 0 Å². The summed E-state index contributed by atoms with van der Waals surface area (Å²) in [5, 5.41) is 0.719. The van der Waals surface area contributed by atoms with Gasteiger partial charge in [-0.25, -0.2) is 0 Å². The largest absolute Gasteiger partial charge is 0.486 e. The first-order valence-electron chi connectivity index (χ1n) is 3.94. The maximum absolute atomic E-state index is 6.00. The molecule has 0 amide bonds. The standard InChI is InChI=1S/C9H9ClO2S/c1-13-9-5-8-7(4-6(9)10)11-2-3-12-8/h4-5H,2-3H2,1H3. The van der Waals surface area contributed by atoms with E-state index in [0.29, 0.717) is 13.2 Å². The van der Waals surface area contributed by atoms with Gasteiger partial charge in [0.2, 0.25) is 0 Å². The number of fused-ring (bicyclic) bond motifs is 1. The maximum atomic E-state index is 6.00. The molecule has 0 bridgehead atoms. The van der Waals surface area contributed by atoms with Gasteiger partial charge >= 0.3 is 0 Å². The fourth-order valence-electron chi connectivity index (χ4n) is 1.20. The number of rotatable bonds is 1. The van der Waals surface area contributed by atoms with Crippen molar-refractivity contribution >= 4 is 23.4 Å². The van der Waals surface area contributed by atoms with Crippen molar-refractivity contribution < 1.29 is 9.47 Å². The molecule has 70 valence electrons. The van der Waals surface area contributed by atoms with E-state index in [-0.39, 0.29) is 0 Å². The minimum atomic E-state index is 0.599. The van der Waals surface area contributed by atoms with Crippen LogP contribution in [0, 0.1) is 0 Å². The van der Waals surface area contributed by atoms with Gasteiger partial charge in [-0.2, -0.15) is 0 Å². The zero-order valence-electron chi connectivity index (χ0n) is 7.17. The quantitative estimate of drug-likeness (QED) is 0.673. The topological polar surface area (TPSA) is 18.5 Å². The van der Waals surface area contributed by atoms with E-state index in [9.17, 15) is 0 Å². The highest BCUT2D eigenvalue weighted by molar-refractivity contribution is 7.98. The van der Waals surface area contributed by atoms with Gasteiger partial charge in [0.1, 0.15) is 13.2 Å². The highest BCUT2D eigenvalue weighted by Gasteiger charge is 2.14. The Labute approximate surface area is 86.2 Å². The molecule has 0 fully saturated rings. The van der Waals surface area contributed by atoms with Gasteiger partial charge in [0.25, 0.3) is 0 Å². The predicted molar refractivity (Wildman–Crippen MR) is 54.2 cm³/mol. The average Bonchev–Trinajstić information content (AvgIpc) is 2.17. The molecular formula is C9H9ClO2S. The molecule has 0 unspecified atom stereocenters. The number of hydrogen-bond acceptors (Lipinski definition) is 3. The van der Waals surface area contributed by atoms with E-state index in [0.717, 1.165) is 21.4 Å². The third kappa shape index (κ3) is 1.71. The molecule has 0 aliphatic carbocycles. The van der Waals surface area contributed by atoms with Gasteiger partial charge in [0.15, 0.2) is 11.5 Å². The first kappa shape index (κ1) is 9.03. The van der Waals surface area contributed by atoms with Crippen LogP contribution < -0.4 is 9.47 Å². The average molecular weight is 217 g/mol. The molecule has 1 heterocycles. The van der Waals surface area contributed by atoms with Crippen LogP contribution in [-0.4, -0.2) is 19.5 Å². The molecule has 0 N–H and O–H groups in total. The van der Waals surface area contributed by atoms with Crippen LogP contribution in [0.3, 0.4) is 0 Å². The lowest BCUT2D eigenvalue weighted by molar-refractivity contribution is 0.171. The van der Waals surface area contributed by atoms with Gasteiger partial charge in [-0.1, -0.05) is 11.6 Å². The van der Waals surface area contributed by atoms with Crippen molar-refractivity contribution in [3.63, 3.8) is 0 Å². The van der Waals surface area contributed by atoms with Crippen LogP contribution in [0.15, 0.2) is 17.0 Å². The van der Waals surface area contributed by atoms with E-state index < -0.39 is 0 Å². The fourth-order valence-corrected chi connectivity index (χ4v) is 2.07. The molecule has 4 heteroatoms. The van der Waals surface area contributed by atoms with E-state index in [1.54, 1.807) is 11.8 Å². The fraction of sp³-hybridized carbons (Fsp3) is 0.333. The second kappa shape index (κ2) is 3.68. The third-order valence-electron chi connectivity index (χ3n) is 1.82. The molecule has 0 saturated carbocycles. The van der Waals surface area contributed by atoms with E-state index in [1.807, 2.05) is 18.4 Å². The second-order valence-corrected chi connectivity index (χ2v) is 3.89. The third-order valence-corrected chi connectivity index (χ3v) is 3.02. The van der Waals surface area contributed by atoms with Crippen molar-refractivity contribution in [3.05, 3.63) is 17.2 Å². The summed E-state index contributed by atoms with van der Waals surface area (Å²) in [6, 6.07) is 3.73. The van der Waals surface area contributed by atoms with Crippen LogP contribution in [0.4, 0.5) is 0 Å². The molecule has 0 radical (unpaired) electrons. The number of ether oxygens (including phenoxy) is 2. The molecule has 1 aromatic rings. The number of thioether (sulfide) groups is 1. The molecule has 1 aliphatic heterocycles. The molecule has 0 atom stereocenters. The van der Waals surface area contributed by atoms with Crippen molar-refractivity contribution in [2.45, 2.75) is 4.90 Å². The van der Waals surface area contributed by atoms with Crippen LogP contribution in [0.1, 0.15) is 0 Å². The smallest absolute Gasteiger partial charge is 0.162 e. The van der Waals surface area contributed by atoms with Gasteiger partial charge in [-0.15, -0.1) is 11.8 Å². The Morgan fingerprint density at radius 3 is 2.46 bits per heavy atom. The molecule has 0 saturated heterocycles. The first-order valence-corrected chi connectivity index (χ1v) is 5.54. The monoisotopic (exact) mass is 216 g/mol. The Hall–Kier alpha value is -0.540. The van der Waals surface area contributed by atoms with Gasteiger partial charge in [-0.05, 0) is 12.3 Å². The Morgan fingerprint density at radius 1 is 1.23 bits per heavy atom. The summed E-state index contributed by atoms with van der Waals surface area (Å²) in [4.78, 5) is 1.02. The molecule has 1 aliphatic rings. The van der Waals surface area contributed by atoms with Gasteiger partial charge in [0, 0.05) is 11.0 Å². The van der Waals surface area contributed by atoms with E-state index in [4.69, 9.17) is 21.1 Å². The summed E-state index contributed by atoms with van der Waals surface area (Å²) < 4.78 is 10.8. The van der Waals surface area contributed by atoms with Crippen molar-refractivity contribution in [1.82, 2.24) is 0 Å². The zero-order valence-corrected chi connectivity index (χ0v) is 8.74. The Bertz CT molecular complexity index is 328. The van der Waals surface area contributed by atoms with Crippen LogP contribution in [-0.2, 0) is 0 Å². The van der Waals surface area contributed by atoms with Crippen LogP contribution in [0.5, 0.6) is 11.5 Å². The van der Waals surface area contributed by atoms with Crippen LogP contribution >= 0.6 is 23.4 Å². The summed E-state index contributed by atoms with van der Waals surface area (Å²) in [5.41, 5.74) is 0. The molecule has 2 rings (SSSR count). The molecule has 0 aromatic heterocycles. The van der Waals surface area contributed by atoms with Crippen molar-refractivity contribution in [3.8, 4) is 11.5 Å². The molecule has 2 nitrogen and oxygen atoms in total. The van der Waals surface area contributed by atoms with Crippen LogP contribution in [0.2, 0.25) is 5.02 Å². The van der Waals surface area contributed by atoms with E-state index in [2.05, 4.69) is 0 Å². The van der Waals surface area contributed by atoms with Gasteiger partial charge in [0.05, 0.1) is 5.02 Å². The molecule has 1 aromatic carbocycles. The summed E-state index contributed by atoms with van der Waals surface area (Å²) in [6.07, 6.45) is 1.98. The highest BCUT2D eigenvalue weighted by atomic mass is 35.5. The summed E-state index contributed by atoms with van der Waals surface area (Å²) in [6.45, 7) is 1.21. The maximum Gasteiger partial charge on any atom is 0.162 e. The molecular weight excluding hydrogens is 208 g/mol. The number of halogens is 1. The Balaban J connectivity index is 2.44. The minimum absolute atomic E-state index is 0.599. The highest BCUT2D eigenvalue weighted by Crippen LogP contribution is 2.38. The summed E-state index contributed by atoms with van der Waals surface area (Å²) >= 11 is 7.61. The van der Waals surface area contributed by atoms with Crippen molar-refractivity contribution in [2.24, 2.45) is 0 Å². The Morgan fingerprint density at radius 2 is 1.85 bits per heavy atom.